The third-order valence-electron chi connectivity index (χ3n) is 4.15. The Balaban J connectivity index is 1.81. The monoisotopic (exact) mass is 367 g/mol. The third-order valence-corrected chi connectivity index (χ3v) is 5.45. The molecule has 2 aromatic rings. The molecule has 0 N–H and O–H groups in total. The zero-order valence-corrected chi connectivity index (χ0v) is 16.1. The van der Waals surface area contributed by atoms with Crippen LogP contribution in [0.2, 0.25) is 0 Å². The Morgan fingerprint density at radius 1 is 1.16 bits per heavy atom. The van der Waals surface area contributed by atoms with Gasteiger partial charge in [-0.05, 0) is 49.1 Å². The maximum Gasteiger partial charge on any atom is 0.270 e. The van der Waals surface area contributed by atoms with Gasteiger partial charge in [0, 0.05) is 0 Å². The fourth-order valence-corrected chi connectivity index (χ4v) is 4.09. The Labute approximate surface area is 158 Å². The van der Waals surface area contributed by atoms with E-state index >= 15 is 0 Å². The van der Waals surface area contributed by atoms with Crippen molar-refractivity contribution >= 4 is 46.0 Å². The summed E-state index contributed by atoms with van der Waals surface area (Å²) in [5, 5.41) is 0. The molecule has 1 aliphatic rings. The molecule has 1 saturated heterocycles. The first-order valence-corrected chi connectivity index (χ1v) is 9.74. The van der Waals surface area contributed by atoms with Crippen LogP contribution in [0.5, 0.6) is 0 Å². The lowest BCUT2D eigenvalue weighted by molar-refractivity contribution is -0.113. The first kappa shape index (κ1) is 17.9. The fourth-order valence-electron chi connectivity index (χ4n) is 2.79. The molecule has 0 atom stereocenters. The average molecular weight is 368 g/mol. The lowest BCUT2D eigenvalue weighted by atomic mass is 10.1. The maximum atomic E-state index is 12.8. The topological polar surface area (TPSA) is 20.3 Å². The number of benzene rings is 2. The normalized spacial score (nSPS) is 16.1. The van der Waals surface area contributed by atoms with E-state index in [4.69, 9.17) is 12.2 Å². The summed E-state index contributed by atoms with van der Waals surface area (Å²) in [6.45, 7) is 4.23. The summed E-state index contributed by atoms with van der Waals surface area (Å²) >= 11 is 6.81. The Kier molecular flexibility index (Phi) is 5.71. The first-order valence-electron chi connectivity index (χ1n) is 8.52. The molecular formula is C21H21NOS2. The second-order valence-electron chi connectivity index (χ2n) is 6.20. The predicted molar refractivity (Wildman–Crippen MR) is 112 cm³/mol. The number of hydrogen-bond acceptors (Lipinski definition) is 3. The number of nitrogens with zero attached hydrogens (tertiary/aromatic N) is 1. The molecule has 0 saturated carbocycles. The molecule has 2 aromatic carbocycles. The number of carbonyl (C=O) groups is 1. The van der Waals surface area contributed by atoms with Gasteiger partial charge in [-0.3, -0.25) is 9.69 Å². The van der Waals surface area contributed by atoms with Crippen LogP contribution in [0.1, 0.15) is 36.5 Å². The highest BCUT2D eigenvalue weighted by molar-refractivity contribution is 8.27. The van der Waals surface area contributed by atoms with Crippen molar-refractivity contribution in [3.8, 4) is 0 Å². The van der Waals surface area contributed by atoms with Crippen LogP contribution in [0.25, 0.3) is 6.08 Å². The summed E-state index contributed by atoms with van der Waals surface area (Å²) < 4.78 is 0.588. The molecule has 0 aliphatic carbocycles. The minimum absolute atomic E-state index is 0.0437. The van der Waals surface area contributed by atoms with E-state index in [-0.39, 0.29) is 5.91 Å². The number of carbonyl (C=O) groups excluding carboxylic acids is 1. The molecule has 0 aromatic heterocycles. The largest absolute Gasteiger partial charge is 0.270 e. The minimum Gasteiger partial charge on any atom is -0.268 e. The van der Waals surface area contributed by atoms with E-state index in [1.807, 2.05) is 43.3 Å². The molecule has 25 heavy (non-hydrogen) atoms. The molecule has 0 bridgehead atoms. The van der Waals surface area contributed by atoms with Gasteiger partial charge in [-0.1, -0.05) is 79.3 Å². The highest BCUT2D eigenvalue weighted by Gasteiger charge is 2.33. The predicted octanol–water partition coefficient (Wildman–Crippen LogP) is 5.74. The van der Waals surface area contributed by atoms with Crippen LogP contribution < -0.4 is 4.90 Å². The van der Waals surface area contributed by atoms with Crippen LogP contribution in [-0.4, -0.2) is 10.2 Å². The lowest BCUT2D eigenvalue weighted by Crippen LogP contribution is -2.27. The van der Waals surface area contributed by atoms with Crippen molar-refractivity contribution < 1.29 is 4.79 Å². The smallest absolute Gasteiger partial charge is 0.268 e. The van der Waals surface area contributed by atoms with Gasteiger partial charge in [-0.2, -0.15) is 0 Å². The summed E-state index contributed by atoms with van der Waals surface area (Å²) in [6.07, 6.45) is 5.35. The molecule has 1 aliphatic heterocycles. The Hall–Kier alpha value is -1.91. The van der Waals surface area contributed by atoms with Crippen molar-refractivity contribution in [2.45, 2.75) is 33.1 Å². The molecule has 1 fully saturated rings. The fraction of sp³-hybridized carbons (Fsp3) is 0.238. The Morgan fingerprint density at radius 3 is 2.60 bits per heavy atom. The Morgan fingerprint density at radius 2 is 1.92 bits per heavy atom. The maximum absolute atomic E-state index is 12.8. The molecule has 2 nitrogen and oxygen atoms in total. The zero-order chi connectivity index (χ0) is 17.8. The highest BCUT2D eigenvalue weighted by atomic mass is 32.2. The average Bonchev–Trinajstić information content (AvgIpc) is 2.87. The highest BCUT2D eigenvalue weighted by Crippen LogP contribution is 2.36. The van der Waals surface area contributed by atoms with E-state index in [1.165, 1.54) is 35.7 Å². The summed E-state index contributed by atoms with van der Waals surface area (Å²) in [6, 6.07) is 16.3. The van der Waals surface area contributed by atoms with Crippen LogP contribution in [-0.2, 0) is 11.2 Å². The van der Waals surface area contributed by atoms with Gasteiger partial charge in [0.1, 0.15) is 0 Å². The van der Waals surface area contributed by atoms with Crippen LogP contribution in [0.4, 0.5) is 5.69 Å². The first-order chi connectivity index (χ1) is 12.1. The molecule has 4 heteroatoms. The SMILES string of the molecule is CCCCc1ccc(N2C(=O)C(=Cc3cccc(C)c3)SC2=S)cc1. The molecular weight excluding hydrogens is 346 g/mol. The van der Waals surface area contributed by atoms with E-state index in [0.717, 1.165) is 17.7 Å². The lowest BCUT2D eigenvalue weighted by Gasteiger charge is -2.15. The third kappa shape index (κ3) is 4.20. The van der Waals surface area contributed by atoms with Crippen molar-refractivity contribution in [1.29, 1.82) is 0 Å². The van der Waals surface area contributed by atoms with Gasteiger partial charge in [-0.25, -0.2) is 0 Å². The minimum atomic E-state index is -0.0437. The van der Waals surface area contributed by atoms with Crippen molar-refractivity contribution in [2.75, 3.05) is 4.90 Å². The number of amides is 1. The number of aryl methyl sites for hydroxylation is 2. The van der Waals surface area contributed by atoms with Crippen LogP contribution in [0, 0.1) is 6.92 Å². The molecule has 0 unspecified atom stereocenters. The molecule has 0 spiro atoms. The van der Waals surface area contributed by atoms with Crippen molar-refractivity contribution in [1.82, 2.24) is 0 Å². The Bertz CT molecular complexity index is 824. The van der Waals surface area contributed by atoms with E-state index in [9.17, 15) is 4.79 Å². The van der Waals surface area contributed by atoms with Crippen LogP contribution in [0.15, 0.2) is 53.4 Å². The van der Waals surface area contributed by atoms with Gasteiger partial charge in [-0.15, -0.1) is 0 Å². The molecule has 0 radical (unpaired) electrons. The van der Waals surface area contributed by atoms with Crippen LogP contribution >= 0.6 is 24.0 Å². The van der Waals surface area contributed by atoms with Crippen LogP contribution in [0.3, 0.4) is 0 Å². The summed E-state index contributed by atoms with van der Waals surface area (Å²) in [7, 11) is 0. The van der Waals surface area contributed by atoms with Crippen molar-refractivity contribution in [2.24, 2.45) is 0 Å². The van der Waals surface area contributed by atoms with E-state index < -0.39 is 0 Å². The molecule has 1 amide bonds. The molecule has 3 rings (SSSR count). The standard InChI is InChI=1S/C21H21NOS2/c1-3-4-7-16-9-11-18(12-10-16)22-20(23)19(25-21(22)24)14-17-8-5-6-15(2)13-17/h5-6,8-14H,3-4,7H2,1-2H3. The van der Waals surface area contributed by atoms with Crippen molar-refractivity contribution in [3.63, 3.8) is 0 Å². The van der Waals surface area contributed by atoms with Gasteiger partial charge in [0.15, 0.2) is 4.32 Å². The number of anilines is 1. The number of unbranched alkanes of at least 4 members (excludes halogenated alkanes) is 1. The number of thiocarbonyl (C=S) groups is 1. The van der Waals surface area contributed by atoms with Gasteiger partial charge >= 0.3 is 0 Å². The van der Waals surface area contributed by atoms with Gasteiger partial charge in [0.25, 0.3) is 5.91 Å². The van der Waals surface area contributed by atoms with E-state index in [0.29, 0.717) is 9.23 Å². The van der Waals surface area contributed by atoms with E-state index in [1.54, 1.807) is 4.90 Å². The second-order valence-corrected chi connectivity index (χ2v) is 7.88. The van der Waals surface area contributed by atoms with Gasteiger partial charge < -0.3 is 0 Å². The molecule has 1 heterocycles. The summed E-state index contributed by atoms with van der Waals surface area (Å²) in [4.78, 5) is 15.1. The quantitative estimate of drug-likeness (QED) is 0.496. The summed E-state index contributed by atoms with van der Waals surface area (Å²) in [5.41, 5.74) is 4.34. The number of hydrogen-bond donors (Lipinski definition) is 0. The molecule has 128 valence electrons. The van der Waals surface area contributed by atoms with Gasteiger partial charge in [0.2, 0.25) is 0 Å². The van der Waals surface area contributed by atoms with Gasteiger partial charge in [0.05, 0.1) is 10.6 Å². The summed E-state index contributed by atoms with van der Waals surface area (Å²) in [5.74, 6) is -0.0437. The van der Waals surface area contributed by atoms with Crippen molar-refractivity contribution in [3.05, 3.63) is 70.1 Å². The van der Waals surface area contributed by atoms with E-state index in [2.05, 4.69) is 25.1 Å². The zero-order valence-electron chi connectivity index (χ0n) is 14.5. The second kappa shape index (κ2) is 7.98. The number of thioether (sulfide) groups is 1. The number of rotatable bonds is 5.